The smallest absolute Gasteiger partial charge is 0.250 e. The Kier molecular flexibility index (Phi) is 5.25. The van der Waals surface area contributed by atoms with Crippen LogP contribution in [0, 0.1) is 0 Å². The Balaban J connectivity index is 2.01. The maximum absolute atomic E-state index is 11.8. The van der Waals surface area contributed by atoms with Crippen molar-refractivity contribution in [3.8, 4) is 0 Å². The van der Waals surface area contributed by atoms with Crippen molar-refractivity contribution in [1.82, 2.24) is 4.83 Å². The lowest BCUT2D eigenvalue weighted by Crippen LogP contribution is -2.27. The molecule has 4 nitrogen and oxygen atoms in total. The van der Waals surface area contributed by atoms with Crippen LogP contribution in [-0.2, 0) is 10.0 Å². The molecule has 0 unspecified atom stereocenters. The molecule has 7 heteroatoms. The van der Waals surface area contributed by atoms with E-state index in [1.807, 2.05) is 18.2 Å². The van der Waals surface area contributed by atoms with Gasteiger partial charge in [-0.1, -0.05) is 53.5 Å². The molecule has 0 aliphatic rings. The van der Waals surface area contributed by atoms with E-state index >= 15 is 0 Å². The third kappa shape index (κ3) is 5.06. The second kappa shape index (κ2) is 6.95. The van der Waals surface area contributed by atoms with Crippen molar-refractivity contribution in [2.45, 2.75) is 0 Å². The Bertz CT molecular complexity index is 747. The minimum atomic E-state index is -3.62. The topological polar surface area (TPSA) is 58.2 Å². The van der Waals surface area contributed by atoms with Crippen LogP contribution in [0.3, 0.4) is 0 Å². The van der Waals surface area contributed by atoms with Gasteiger partial charge in [0.05, 0.1) is 15.7 Å². The highest BCUT2D eigenvalue weighted by molar-refractivity contribution is 7.92. The molecular formula is C14H12Cl2N2O2S. The van der Waals surface area contributed by atoms with E-state index < -0.39 is 10.0 Å². The van der Waals surface area contributed by atoms with Crippen LogP contribution in [0.2, 0.25) is 10.0 Å². The molecule has 2 aromatic rings. The first kappa shape index (κ1) is 15.9. The summed E-state index contributed by atoms with van der Waals surface area (Å²) in [6, 6.07) is 13.8. The zero-order chi connectivity index (χ0) is 15.3. The fourth-order valence-corrected chi connectivity index (χ4v) is 2.43. The minimum Gasteiger partial charge on any atom is -0.308 e. The summed E-state index contributed by atoms with van der Waals surface area (Å²) >= 11 is 11.6. The normalized spacial score (nSPS) is 11.7. The molecule has 0 heterocycles. The fourth-order valence-electron chi connectivity index (χ4n) is 1.47. The summed E-state index contributed by atoms with van der Waals surface area (Å²) in [5, 5.41) is 1.81. The van der Waals surface area contributed by atoms with Gasteiger partial charge in [-0.15, -0.1) is 4.83 Å². The van der Waals surface area contributed by atoms with Crippen LogP contribution >= 0.6 is 23.2 Å². The van der Waals surface area contributed by atoms with E-state index in [1.54, 1.807) is 24.3 Å². The summed E-state index contributed by atoms with van der Waals surface area (Å²) in [5.74, 6) is 0. The SMILES string of the molecule is O=S(=O)(C=Cc1ccccc1)NNc1ccc(Cl)c(Cl)c1. The van der Waals surface area contributed by atoms with Crippen LogP contribution in [0.1, 0.15) is 5.56 Å². The van der Waals surface area contributed by atoms with Crippen LogP contribution in [-0.4, -0.2) is 8.42 Å². The van der Waals surface area contributed by atoms with Crippen molar-refractivity contribution in [3.05, 3.63) is 69.5 Å². The lowest BCUT2D eigenvalue weighted by molar-refractivity contribution is 0.597. The van der Waals surface area contributed by atoms with E-state index in [1.165, 1.54) is 12.1 Å². The molecule has 0 bridgehead atoms. The van der Waals surface area contributed by atoms with Crippen molar-refractivity contribution in [1.29, 1.82) is 0 Å². The van der Waals surface area contributed by atoms with Gasteiger partial charge in [-0.05, 0) is 29.8 Å². The quantitative estimate of drug-likeness (QED) is 0.810. The zero-order valence-electron chi connectivity index (χ0n) is 10.8. The van der Waals surface area contributed by atoms with Gasteiger partial charge in [-0.2, -0.15) is 0 Å². The molecule has 110 valence electrons. The molecule has 2 aromatic carbocycles. The fraction of sp³-hybridized carbons (Fsp3) is 0. The number of nitrogens with one attached hydrogen (secondary N) is 2. The summed E-state index contributed by atoms with van der Waals surface area (Å²) in [6.07, 6.45) is 1.50. The second-order valence-corrected chi connectivity index (χ2v) is 6.50. The van der Waals surface area contributed by atoms with Gasteiger partial charge in [0.1, 0.15) is 0 Å². The first-order valence-electron chi connectivity index (χ1n) is 5.92. The molecule has 0 radical (unpaired) electrons. The number of hydrazine groups is 1. The third-order valence-electron chi connectivity index (χ3n) is 2.50. The maximum Gasteiger partial charge on any atom is 0.250 e. The molecule has 0 saturated heterocycles. The molecule has 21 heavy (non-hydrogen) atoms. The number of sulfonamides is 1. The highest BCUT2D eigenvalue weighted by Gasteiger charge is 2.05. The van der Waals surface area contributed by atoms with E-state index in [4.69, 9.17) is 23.2 Å². The molecule has 0 aromatic heterocycles. The van der Waals surface area contributed by atoms with Gasteiger partial charge in [-0.3, -0.25) is 0 Å². The van der Waals surface area contributed by atoms with E-state index in [0.29, 0.717) is 15.7 Å². The molecule has 2 N–H and O–H groups in total. The molecule has 0 atom stereocenters. The van der Waals surface area contributed by atoms with E-state index in [-0.39, 0.29) is 0 Å². The second-order valence-electron chi connectivity index (χ2n) is 4.11. The van der Waals surface area contributed by atoms with Crippen LogP contribution in [0.15, 0.2) is 53.9 Å². The first-order valence-corrected chi connectivity index (χ1v) is 8.22. The van der Waals surface area contributed by atoms with Crippen molar-refractivity contribution >= 4 is 45.0 Å². The van der Waals surface area contributed by atoms with E-state index in [0.717, 1.165) is 11.0 Å². The van der Waals surface area contributed by atoms with E-state index in [9.17, 15) is 8.42 Å². The van der Waals surface area contributed by atoms with Crippen LogP contribution < -0.4 is 10.3 Å². The Morgan fingerprint density at radius 1 is 0.952 bits per heavy atom. The summed E-state index contributed by atoms with van der Waals surface area (Å²) < 4.78 is 23.6. The van der Waals surface area contributed by atoms with Gasteiger partial charge in [0.2, 0.25) is 10.0 Å². The third-order valence-corrected chi connectivity index (χ3v) is 4.12. The summed E-state index contributed by atoms with van der Waals surface area (Å²) in [7, 11) is -3.62. The Labute approximate surface area is 133 Å². The Hall–Kier alpha value is -1.53. The van der Waals surface area contributed by atoms with Gasteiger partial charge in [0.15, 0.2) is 0 Å². The Morgan fingerprint density at radius 3 is 2.33 bits per heavy atom. The molecular weight excluding hydrogens is 331 g/mol. The summed E-state index contributed by atoms with van der Waals surface area (Å²) in [6.45, 7) is 0. The van der Waals surface area contributed by atoms with Gasteiger partial charge in [0, 0.05) is 5.41 Å². The standard InChI is InChI=1S/C14H12Cl2N2O2S/c15-13-7-6-12(10-14(13)16)17-18-21(19,20)9-8-11-4-2-1-3-5-11/h1-10,17-18H. The zero-order valence-corrected chi connectivity index (χ0v) is 13.1. The minimum absolute atomic E-state index is 0.334. The van der Waals surface area contributed by atoms with Crippen LogP contribution in [0.5, 0.6) is 0 Å². The predicted octanol–water partition coefficient (Wildman–Crippen LogP) is 3.91. The highest BCUT2D eigenvalue weighted by Crippen LogP contribution is 2.24. The Morgan fingerprint density at radius 2 is 1.67 bits per heavy atom. The first-order chi connectivity index (χ1) is 9.96. The van der Waals surface area contributed by atoms with Crippen molar-refractivity contribution in [3.63, 3.8) is 0 Å². The average molecular weight is 343 g/mol. The monoisotopic (exact) mass is 342 g/mol. The molecule has 2 rings (SSSR count). The van der Waals surface area contributed by atoms with Crippen LogP contribution in [0.25, 0.3) is 6.08 Å². The number of anilines is 1. The number of rotatable bonds is 5. The van der Waals surface area contributed by atoms with Crippen molar-refractivity contribution < 1.29 is 8.42 Å². The lowest BCUT2D eigenvalue weighted by atomic mass is 10.2. The predicted molar refractivity (Wildman–Crippen MR) is 87.6 cm³/mol. The highest BCUT2D eigenvalue weighted by atomic mass is 35.5. The number of hydrogen-bond donors (Lipinski definition) is 2. The van der Waals surface area contributed by atoms with Gasteiger partial charge < -0.3 is 5.43 Å². The number of benzene rings is 2. The summed E-state index contributed by atoms with van der Waals surface area (Å²) in [5.41, 5.74) is 3.83. The lowest BCUT2D eigenvalue weighted by Gasteiger charge is -2.07. The van der Waals surface area contributed by atoms with E-state index in [2.05, 4.69) is 10.3 Å². The van der Waals surface area contributed by atoms with Crippen LogP contribution in [0.4, 0.5) is 5.69 Å². The number of hydrogen-bond acceptors (Lipinski definition) is 3. The van der Waals surface area contributed by atoms with Gasteiger partial charge >= 0.3 is 0 Å². The molecule has 0 aliphatic carbocycles. The maximum atomic E-state index is 11.8. The van der Waals surface area contributed by atoms with Gasteiger partial charge in [-0.25, -0.2) is 8.42 Å². The molecule has 0 aliphatic heterocycles. The molecule has 0 amide bonds. The molecule has 0 saturated carbocycles. The molecule has 0 fully saturated rings. The summed E-state index contributed by atoms with van der Waals surface area (Å²) in [4.78, 5) is 2.23. The van der Waals surface area contributed by atoms with Crippen molar-refractivity contribution in [2.24, 2.45) is 0 Å². The average Bonchev–Trinajstić information content (AvgIpc) is 2.48. The number of halogens is 2. The molecule has 0 spiro atoms. The van der Waals surface area contributed by atoms with Crippen molar-refractivity contribution in [2.75, 3.05) is 5.43 Å². The van der Waals surface area contributed by atoms with Gasteiger partial charge in [0.25, 0.3) is 0 Å². The largest absolute Gasteiger partial charge is 0.308 e.